The number of hydrogen-bond donors (Lipinski definition) is 2. The van der Waals surface area contributed by atoms with Gasteiger partial charge in [0, 0.05) is 18.5 Å². The highest BCUT2D eigenvalue weighted by molar-refractivity contribution is 9.10. The Labute approximate surface area is 222 Å². The summed E-state index contributed by atoms with van der Waals surface area (Å²) in [7, 11) is 0. The summed E-state index contributed by atoms with van der Waals surface area (Å²) in [4.78, 5) is 13.7. The summed E-state index contributed by atoms with van der Waals surface area (Å²) in [6.45, 7) is 2.11. The van der Waals surface area contributed by atoms with Gasteiger partial charge in [0.25, 0.3) is 5.91 Å². The van der Waals surface area contributed by atoms with Crippen molar-refractivity contribution in [3.8, 4) is 16.3 Å². The van der Waals surface area contributed by atoms with E-state index < -0.39 is 11.7 Å². The molecule has 2 N–H and O–H groups in total. The Hall–Kier alpha value is -1.79. The van der Waals surface area contributed by atoms with Crippen molar-refractivity contribution < 1.29 is 22.7 Å². The summed E-state index contributed by atoms with van der Waals surface area (Å²) < 4.78 is 48.6. The lowest BCUT2D eigenvalue weighted by Crippen LogP contribution is -2.49. The number of fused-ring (bicyclic) bond motifs is 3. The molecule has 0 aliphatic carbocycles. The molecule has 5 rings (SSSR count). The molecule has 0 radical (unpaired) electrons. The zero-order chi connectivity index (χ0) is 24.0. The van der Waals surface area contributed by atoms with Crippen LogP contribution in [0, 0.1) is 0 Å². The number of amides is 1. The predicted molar refractivity (Wildman–Crippen MR) is 134 cm³/mol. The fourth-order valence-electron chi connectivity index (χ4n) is 4.42. The van der Waals surface area contributed by atoms with Gasteiger partial charge in [-0.15, -0.1) is 12.4 Å². The smallest absolute Gasteiger partial charge is 0.417 e. The largest absolute Gasteiger partial charge is 0.481 e. The average molecular weight is 612 g/mol. The summed E-state index contributed by atoms with van der Waals surface area (Å²) in [6, 6.07) is 5.36. The lowest BCUT2D eigenvalue weighted by Gasteiger charge is -2.33. The molecule has 3 aromatic rings. The van der Waals surface area contributed by atoms with E-state index in [9.17, 15) is 18.0 Å². The molecule has 13 heteroatoms. The number of ether oxygens (including phenoxy) is 1. The quantitative estimate of drug-likeness (QED) is 0.397. The Morgan fingerprint density at radius 2 is 2.14 bits per heavy atom. The Bertz CT molecular complexity index is 1250. The van der Waals surface area contributed by atoms with Gasteiger partial charge in [0.05, 0.1) is 43.9 Å². The van der Waals surface area contributed by atoms with Crippen LogP contribution in [0.25, 0.3) is 11.3 Å². The second-order valence-corrected chi connectivity index (χ2v) is 10.4. The van der Waals surface area contributed by atoms with Gasteiger partial charge in [0.15, 0.2) is 5.06 Å². The van der Waals surface area contributed by atoms with Crippen molar-refractivity contribution >= 4 is 57.2 Å². The van der Waals surface area contributed by atoms with Crippen LogP contribution >= 0.6 is 51.3 Å². The number of nitrogens with one attached hydrogen (secondary N) is 2. The predicted octanol–water partition coefficient (Wildman–Crippen LogP) is 5.74. The highest BCUT2D eigenvalue weighted by Gasteiger charge is 2.36. The molecule has 1 aromatic carbocycles. The first-order chi connectivity index (χ1) is 16.2. The minimum atomic E-state index is -4.55. The average Bonchev–Trinajstić information content (AvgIpc) is 3.32. The Morgan fingerprint density at radius 1 is 1.34 bits per heavy atom. The second kappa shape index (κ2) is 10.3. The molecule has 0 unspecified atom stereocenters. The number of piperidine rings is 1. The van der Waals surface area contributed by atoms with E-state index in [0.29, 0.717) is 48.2 Å². The molecule has 0 bridgehead atoms. The van der Waals surface area contributed by atoms with Gasteiger partial charge in [-0.1, -0.05) is 29.0 Å². The van der Waals surface area contributed by atoms with Crippen LogP contribution in [0.3, 0.4) is 0 Å². The van der Waals surface area contributed by atoms with Gasteiger partial charge >= 0.3 is 6.18 Å². The zero-order valence-electron chi connectivity index (χ0n) is 18.0. The molecule has 2 atom stereocenters. The molecule has 2 aliphatic rings. The molecule has 2 aliphatic heterocycles. The third-order valence-corrected chi connectivity index (χ3v) is 7.99. The maximum absolute atomic E-state index is 13.4. The number of nitrogens with zero attached hydrogens (tertiary/aromatic N) is 2. The third-order valence-electron chi connectivity index (χ3n) is 6.03. The monoisotopic (exact) mass is 610 g/mol. The summed E-state index contributed by atoms with van der Waals surface area (Å²) in [5.41, 5.74) is 1.27. The normalized spacial score (nSPS) is 19.6. The van der Waals surface area contributed by atoms with Crippen LogP contribution in [0.1, 0.15) is 33.1 Å². The number of aromatic nitrogens is 2. The minimum absolute atomic E-state index is 0. The molecule has 2 aromatic heterocycles. The number of benzene rings is 1. The molecule has 4 heterocycles. The molecule has 188 valence electrons. The van der Waals surface area contributed by atoms with Crippen molar-refractivity contribution in [2.45, 2.75) is 31.1 Å². The van der Waals surface area contributed by atoms with E-state index in [1.807, 2.05) is 4.68 Å². The molecular weight excluding hydrogens is 592 g/mol. The van der Waals surface area contributed by atoms with E-state index in [-0.39, 0.29) is 35.3 Å². The van der Waals surface area contributed by atoms with Crippen LogP contribution in [-0.2, 0) is 12.7 Å². The summed E-state index contributed by atoms with van der Waals surface area (Å²) >= 11 is 10.6. The Kier molecular flexibility index (Phi) is 7.73. The standard InChI is InChI=1S/C22H19BrClF3N4O2S.ClH/c23-15-9-29-31-5-6-33-21-13(19(15)31)8-18(34-21)20(32)30-17-10-28-4-3-12(17)11-1-2-16(24)14(7-11)22(25,26)27;/h1-2,7-9,12,17,28H,3-6,10H2,(H,30,32);1H/t12-,17+;/m0./s1. The van der Waals surface area contributed by atoms with Gasteiger partial charge in [-0.2, -0.15) is 18.3 Å². The number of hydrogen-bond acceptors (Lipinski definition) is 5. The van der Waals surface area contributed by atoms with Gasteiger partial charge in [-0.3, -0.25) is 9.48 Å². The van der Waals surface area contributed by atoms with E-state index in [1.54, 1.807) is 18.3 Å². The minimum Gasteiger partial charge on any atom is -0.481 e. The van der Waals surface area contributed by atoms with Gasteiger partial charge in [-0.05, 0) is 52.7 Å². The molecule has 1 fully saturated rings. The lowest BCUT2D eigenvalue weighted by molar-refractivity contribution is -0.137. The van der Waals surface area contributed by atoms with E-state index >= 15 is 0 Å². The first-order valence-corrected chi connectivity index (χ1v) is 12.6. The van der Waals surface area contributed by atoms with Crippen molar-refractivity contribution in [3.63, 3.8) is 0 Å². The molecule has 6 nitrogen and oxygen atoms in total. The summed E-state index contributed by atoms with van der Waals surface area (Å²) in [6.07, 6.45) is -2.25. The second-order valence-electron chi connectivity index (χ2n) is 8.14. The summed E-state index contributed by atoms with van der Waals surface area (Å²) in [5, 5.41) is 10.9. The zero-order valence-corrected chi connectivity index (χ0v) is 22.0. The van der Waals surface area contributed by atoms with Crippen LogP contribution in [0.15, 0.2) is 34.9 Å². The van der Waals surface area contributed by atoms with E-state index in [4.69, 9.17) is 16.3 Å². The first-order valence-electron chi connectivity index (χ1n) is 10.6. The lowest BCUT2D eigenvalue weighted by atomic mass is 9.85. The van der Waals surface area contributed by atoms with E-state index in [0.717, 1.165) is 21.8 Å². The number of carbonyl (C=O) groups excluding carboxylic acids is 1. The molecule has 0 spiro atoms. The fourth-order valence-corrected chi connectivity index (χ4v) is 6.09. The Balaban J connectivity index is 0.00000289. The number of halogens is 6. The maximum atomic E-state index is 13.4. The Morgan fingerprint density at radius 3 is 2.91 bits per heavy atom. The van der Waals surface area contributed by atoms with Crippen LogP contribution in [-0.4, -0.2) is 41.4 Å². The SMILES string of the molecule is Cl.O=C(N[C@@H]1CNCC[C@H]1c1ccc(Cl)c(C(F)(F)F)c1)c1cc2c(s1)OCCn1ncc(Br)c1-2. The van der Waals surface area contributed by atoms with Crippen molar-refractivity contribution in [1.82, 2.24) is 20.4 Å². The van der Waals surface area contributed by atoms with E-state index in [2.05, 4.69) is 31.7 Å². The van der Waals surface area contributed by atoms with Gasteiger partial charge in [0.1, 0.15) is 6.61 Å². The third kappa shape index (κ3) is 5.20. The highest BCUT2D eigenvalue weighted by Crippen LogP contribution is 2.43. The van der Waals surface area contributed by atoms with Crippen molar-refractivity contribution in [2.75, 3.05) is 19.7 Å². The van der Waals surface area contributed by atoms with Crippen molar-refractivity contribution in [1.29, 1.82) is 0 Å². The van der Waals surface area contributed by atoms with E-state index in [1.165, 1.54) is 17.4 Å². The highest BCUT2D eigenvalue weighted by atomic mass is 79.9. The number of thiophene rings is 1. The maximum Gasteiger partial charge on any atom is 0.417 e. The van der Waals surface area contributed by atoms with Crippen LogP contribution in [0.2, 0.25) is 5.02 Å². The molecule has 1 amide bonds. The molecular formula is C22H20BrCl2F3N4O2S. The van der Waals surface area contributed by atoms with Gasteiger partial charge in [-0.25, -0.2) is 0 Å². The van der Waals surface area contributed by atoms with Crippen LogP contribution in [0.5, 0.6) is 5.06 Å². The van der Waals surface area contributed by atoms with Crippen molar-refractivity contribution in [3.05, 3.63) is 56.0 Å². The van der Waals surface area contributed by atoms with Crippen LogP contribution in [0.4, 0.5) is 13.2 Å². The van der Waals surface area contributed by atoms with Crippen molar-refractivity contribution in [2.24, 2.45) is 0 Å². The van der Waals surface area contributed by atoms with Crippen LogP contribution < -0.4 is 15.4 Å². The van der Waals surface area contributed by atoms with Gasteiger partial charge < -0.3 is 15.4 Å². The number of carbonyl (C=O) groups is 1. The van der Waals surface area contributed by atoms with Gasteiger partial charge in [0.2, 0.25) is 0 Å². The molecule has 1 saturated heterocycles. The fraction of sp³-hybridized carbons (Fsp3) is 0.364. The molecule has 35 heavy (non-hydrogen) atoms. The topological polar surface area (TPSA) is 68.2 Å². The first kappa shape index (κ1) is 26.3. The summed E-state index contributed by atoms with van der Waals surface area (Å²) in [5.74, 6) is -0.583. The number of rotatable bonds is 3. The number of alkyl halides is 3. The molecule has 0 saturated carbocycles.